The smallest absolute Gasteiger partial charge is 0.263 e. The van der Waals surface area contributed by atoms with Crippen molar-refractivity contribution in [3.05, 3.63) is 106 Å². The number of fused-ring (bicyclic) bond motifs is 1. The van der Waals surface area contributed by atoms with Crippen molar-refractivity contribution in [1.82, 2.24) is 19.5 Å². The van der Waals surface area contributed by atoms with Crippen LogP contribution in [0.25, 0.3) is 27.6 Å². The van der Waals surface area contributed by atoms with Crippen LogP contribution in [0.4, 0.5) is 11.8 Å². The Morgan fingerprint density at radius 2 is 1.85 bits per heavy atom. The zero-order chi connectivity index (χ0) is 28.4. The molecule has 0 unspecified atom stereocenters. The third kappa shape index (κ3) is 5.39. The summed E-state index contributed by atoms with van der Waals surface area (Å²) in [6.07, 6.45) is 5.65. The van der Waals surface area contributed by atoms with Gasteiger partial charge in [0.1, 0.15) is 17.5 Å². The lowest BCUT2D eigenvalue weighted by Crippen LogP contribution is -2.26. The monoisotopic (exact) mass is 551 g/mol. The van der Waals surface area contributed by atoms with E-state index in [0.717, 1.165) is 0 Å². The normalized spacial score (nSPS) is 12.1. The number of nitrogen functional groups attached to an aromatic ring is 1. The second-order valence-corrected chi connectivity index (χ2v) is 11.6. The van der Waals surface area contributed by atoms with Crippen molar-refractivity contribution in [2.75, 3.05) is 17.3 Å². The van der Waals surface area contributed by atoms with Crippen molar-refractivity contribution in [3.63, 3.8) is 0 Å². The second kappa shape index (κ2) is 10.6. The Kier molecular flexibility index (Phi) is 7.02. The van der Waals surface area contributed by atoms with E-state index in [1.807, 2.05) is 61.5 Å². The first-order chi connectivity index (χ1) is 19.1. The molecule has 0 aliphatic rings. The van der Waals surface area contributed by atoms with E-state index in [1.54, 1.807) is 16.8 Å². The van der Waals surface area contributed by atoms with E-state index in [-0.39, 0.29) is 28.6 Å². The molecule has 0 aliphatic heterocycles. The molecule has 2 aromatic carbocycles. The van der Waals surface area contributed by atoms with Gasteiger partial charge in [-0.3, -0.25) is 14.3 Å². The van der Waals surface area contributed by atoms with Gasteiger partial charge >= 0.3 is 0 Å². The summed E-state index contributed by atoms with van der Waals surface area (Å²) in [5.41, 5.74) is 8.81. The molecule has 0 amide bonds. The van der Waals surface area contributed by atoms with Gasteiger partial charge in [0.25, 0.3) is 5.56 Å². The molecule has 11 heteroatoms. The Morgan fingerprint density at radius 1 is 1.07 bits per heavy atom. The van der Waals surface area contributed by atoms with E-state index < -0.39 is 15.9 Å². The summed E-state index contributed by atoms with van der Waals surface area (Å²) in [4.78, 5) is 26.6. The van der Waals surface area contributed by atoms with Crippen molar-refractivity contribution in [1.29, 1.82) is 5.26 Å². The maximum Gasteiger partial charge on any atom is 0.263 e. The van der Waals surface area contributed by atoms with Crippen LogP contribution < -0.4 is 16.6 Å². The molecule has 5 aromatic rings. The molecule has 0 aliphatic carbocycles. The molecule has 0 spiro atoms. The number of para-hydroxylation sites is 1. The van der Waals surface area contributed by atoms with Crippen LogP contribution in [0.2, 0.25) is 0 Å². The van der Waals surface area contributed by atoms with Crippen molar-refractivity contribution in [2.24, 2.45) is 0 Å². The molecule has 40 heavy (non-hydrogen) atoms. The number of hydrogen-bond acceptors (Lipinski definition) is 9. The molecule has 5 rings (SSSR count). The van der Waals surface area contributed by atoms with Gasteiger partial charge in [-0.25, -0.2) is 13.4 Å². The molecule has 10 nitrogen and oxygen atoms in total. The molecule has 0 radical (unpaired) electrons. The molecule has 3 heterocycles. The van der Waals surface area contributed by atoms with Crippen LogP contribution in [0.5, 0.6) is 0 Å². The van der Waals surface area contributed by atoms with E-state index in [2.05, 4.69) is 26.3 Å². The Labute approximate surface area is 230 Å². The average Bonchev–Trinajstić information content (AvgIpc) is 2.92. The number of nitriles is 1. The van der Waals surface area contributed by atoms with Crippen LogP contribution in [0.3, 0.4) is 0 Å². The van der Waals surface area contributed by atoms with Crippen LogP contribution in [-0.4, -0.2) is 34.2 Å². The Bertz CT molecular complexity index is 1950. The zero-order valence-corrected chi connectivity index (χ0v) is 22.6. The summed E-state index contributed by atoms with van der Waals surface area (Å²) >= 11 is 0. The minimum Gasteiger partial charge on any atom is -0.368 e. The van der Waals surface area contributed by atoms with Crippen LogP contribution in [0, 0.1) is 11.3 Å². The molecule has 3 N–H and O–H groups in total. The molecule has 0 saturated heterocycles. The second-order valence-electron chi connectivity index (χ2n) is 9.44. The topological polar surface area (TPSA) is 157 Å². The summed E-state index contributed by atoms with van der Waals surface area (Å²) in [5.74, 6) is 0.125. The van der Waals surface area contributed by atoms with Gasteiger partial charge in [0.2, 0.25) is 5.95 Å². The van der Waals surface area contributed by atoms with Gasteiger partial charge in [0, 0.05) is 35.6 Å². The summed E-state index contributed by atoms with van der Waals surface area (Å²) < 4.78 is 25.4. The van der Waals surface area contributed by atoms with E-state index in [9.17, 15) is 18.5 Å². The lowest BCUT2D eigenvalue weighted by molar-refractivity contribution is 0.601. The number of nitrogens with two attached hydrogens (primary N) is 1. The third-order valence-corrected chi connectivity index (χ3v) is 7.21. The Hall–Kier alpha value is -5.08. The van der Waals surface area contributed by atoms with Gasteiger partial charge in [-0.05, 0) is 47.7 Å². The minimum atomic E-state index is -3.27. The van der Waals surface area contributed by atoms with Gasteiger partial charge in [0.15, 0.2) is 9.84 Å². The highest BCUT2D eigenvalue weighted by Gasteiger charge is 2.20. The average molecular weight is 552 g/mol. The highest BCUT2D eigenvalue weighted by atomic mass is 32.2. The van der Waals surface area contributed by atoms with Gasteiger partial charge in [-0.15, -0.1) is 0 Å². The maximum absolute atomic E-state index is 14.3. The van der Waals surface area contributed by atoms with Crippen molar-refractivity contribution >= 4 is 32.4 Å². The van der Waals surface area contributed by atoms with Crippen LogP contribution in [-0.2, 0) is 15.6 Å². The fourth-order valence-electron chi connectivity index (χ4n) is 4.67. The van der Waals surface area contributed by atoms with Gasteiger partial charge in [0.05, 0.1) is 23.4 Å². The number of benzene rings is 2. The van der Waals surface area contributed by atoms with E-state index in [4.69, 9.17) is 5.73 Å². The Balaban J connectivity index is 1.72. The van der Waals surface area contributed by atoms with Crippen LogP contribution in [0.1, 0.15) is 29.8 Å². The first-order valence-corrected chi connectivity index (χ1v) is 14.4. The number of aromatic nitrogens is 4. The van der Waals surface area contributed by atoms with Crippen molar-refractivity contribution < 1.29 is 8.42 Å². The maximum atomic E-state index is 14.3. The largest absolute Gasteiger partial charge is 0.368 e. The van der Waals surface area contributed by atoms with Gasteiger partial charge in [-0.2, -0.15) is 10.2 Å². The molecule has 200 valence electrons. The first kappa shape index (κ1) is 26.5. The van der Waals surface area contributed by atoms with E-state index in [0.29, 0.717) is 38.8 Å². The van der Waals surface area contributed by atoms with Crippen LogP contribution in [0.15, 0.2) is 84.0 Å². The molecular weight excluding hydrogens is 526 g/mol. The van der Waals surface area contributed by atoms with Crippen molar-refractivity contribution in [2.45, 2.75) is 18.7 Å². The Morgan fingerprint density at radius 3 is 2.58 bits per heavy atom. The summed E-state index contributed by atoms with van der Waals surface area (Å²) in [7, 11) is -3.27. The molecule has 0 saturated carbocycles. The highest BCUT2D eigenvalue weighted by Crippen LogP contribution is 2.30. The van der Waals surface area contributed by atoms with E-state index >= 15 is 0 Å². The fraction of sp³-hybridized carbons (Fsp3) is 0.138. The SMILES string of the molecule is C[C@H](Nc1nc(N)ncc1C#N)c1cc2cccc(-c3cncc(CS(C)(=O)=O)c3)c2c(=O)n1-c1ccccc1. The number of rotatable bonds is 7. The fourth-order valence-corrected chi connectivity index (χ4v) is 5.43. The number of nitrogens with zero attached hydrogens (tertiary/aromatic N) is 5. The molecule has 0 bridgehead atoms. The number of hydrogen-bond donors (Lipinski definition) is 2. The molecule has 1 atom stereocenters. The van der Waals surface area contributed by atoms with Gasteiger partial charge < -0.3 is 11.1 Å². The number of anilines is 2. The zero-order valence-electron chi connectivity index (χ0n) is 21.7. The first-order valence-electron chi connectivity index (χ1n) is 12.3. The quantitative estimate of drug-likeness (QED) is 0.305. The minimum absolute atomic E-state index is 0.0176. The lowest BCUT2D eigenvalue weighted by Gasteiger charge is -2.22. The third-order valence-electron chi connectivity index (χ3n) is 6.35. The standard InChI is InChI=1S/C29H25N7O3S/c1-18(34-27-22(13-30)16-33-29(31)35-27)25-12-20-7-6-10-24(21-11-19(14-32-15-21)17-40(2,38)39)26(20)28(37)36(25)23-8-4-3-5-9-23/h3-12,14-16,18H,17H2,1-2H3,(H3,31,33,34,35)/t18-/m0/s1. The lowest BCUT2D eigenvalue weighted by atomic mass is 9.98. The highest BCUT2D eigenvalue weighted by molar-refractivity contribution is 7.89. The van der Waals surface area contributed by atoms with Crippen LogP contribution >= 0.6 is 0 Å². The van der Waals surface area contributed by atoms with Gasteiger partial charge in [-0.1, -0.05) is 36.4 Å². The summed E-state index contributed by atoms with van der Waals surface area (Å²) in [6.45, 7) is 1.86. The number of nitrogens with one attached hydrogen (secondary N) is 1. The number of sulfone groups is 1. The van der Waals surface area contributed by atoms with Crippen molar-refractivity contribution in [3.8, 4) is 22.9 Å². The molecule has 3 aromatic heterocycles. The predicted octanol–water partition coefficient (Wildman–Crippen LogP) is 4.01. The summed E-state index contributed by atoms with van der Waals surface area (Å²) in [5, 5.41) is 13.9. The molecule has 0 fully saturated rings. The predicted molar refractivity (Wildman–Crippen MR) is 155 cm³/mol. The van der Waals surface area contributed by atoms with E-state index in [1.165, 1.54) is 18.6 Å². The number of pyridine rings is 2. The molecular formula is C29H25N7O3S. The summed E-state index contributed by atoms with van der Waals surface area (Å²) in [6, 6.07) is 20.0.